The lowest BCUT2D eigenvalue weighted by molar-refractivity contribution is -0.0373. The highest BCUT2D eigenvalue weighted by atomic mass is 19.1. The molecule has 1 aromatic carbocycles. The molecule has 124 valence electrons. The number of amides is 2. The standard InChI is InChI=1S/C16H19FN2O4/c17-12-4-6-13(7-5-12)22-11-15-9-8-14(23-15)3-1-2-10-19(21)16(18)20/h4-7,14-15,21H,2,8-11H2,(H2,18,20)/t14?,15-/m1/s1. The molecule has 1 fully saturated rings. The quantitative estimate of drug-likeness (QED) is 0.493. The number of benzene rings is 1. The molecule has 3 N–H and O–H groups in total. The van der Waals surface area contributed by atoms with Gasteiger partial charge >= 0.3 is 6.03 Å². The first-order valence-electron chi connectivity index (χ1n) is 7.32. The van der Waals surface area contributed by atoms with Crippen LogP contribution in [0.1, 0.15) is 19.3 Å². The van der Waals surface area contributed by atoms with Crippen molar-refractivity contribution in [1.82, 2.24) is 5.06 Å². The van der Waals surface area contributed by atoms with Crippen molar-refractivity contribution in [3.05, 3.63) is 30.1 Å². The average molecular weight is 322 g/mol. The van der Waals surface area contributed by atoms with E-state index >= 15 is 0 Å². The molecule has 0 aromatic heterocycles. The molecular formula is C16H19FN2O4. The van der Waals surface area contributed by atoms with Crippen molar-refractivity contribution in [3.63, 3.8) is 0 Å². The number of nitrogens with two attached hydrogens (primary N) is 1. The van der Waals surface area contributed by atoms with Crippen LogP contribution in [0.2, 0.25) is 0 Å². The van der Waals surface area contributed by atoms with Crippen molar-refractivity contribution in [2.75, 3.05) is 13.2 Å². The zero-order chi connectivity index (χ0) is 16.7. The van der Waals surface area contributed by atoms with Crippen molar-refractivity contribution < 1.29 is 23.9 Å². The lowest BCUT2D eigenvalue weighted by atomic mass is 10.2. The Kier molecular flexibility index (Phi) is 6.20. The number of rotatable bonds is 5. The smallest absolute Gasteiger partial charge is 0.338 e. The molecule has 2 amide bonds. The Morgan fingerprint density at radius 1 is 1.43 bits per heavy atom. The molecular weight excluding hydrogens is 303 g/mol. The van der Waals surface area contributed by atoms with E-state index in [-0.39, 0.29) is 24.6 Å². The minimum Gasteiger partial charge on any atom is -0.491 e. The van der Waals surface area contributed by atoms with Crippen molar-refractivity contribution in [2.24, 2.45) is 5.73 Å². The zero-order valence-corrected chi connectivity index (χ0v) is 12.6. The van der Waals surface area contributed by atoms with Gasteiger partial charge in [-0.2, -0.15) is 0 Å². The highest BCUT2D eigenvalue weighted by Crippen LogP contribution is 2.20. The molecule has 6 nitrogen and oxygen atoms in total. The highest BCUT2D eigenvalue weighted by Gasteiger charge is 2.24. The van der Waals surface area contributed by atoms with Gasteiger partial charge in [-0.3, -0.25) is 5.21 Å². The van der Waals surface area contributed by atoms with Crippen molar-refractivity contribution in [3.8, 4) is 17.6 Å². The number of hydroxylamine groups is 2. The molecule has 2 rings (SSSR count). The third-order valence-corrected chi connectivity index (χ3v) is 3.32. The van der Waals surface area contributed by atoms with Crippen LogP contribution in [0.5, 0.6) is 5.75 Å². The van der Waals surface area contributed by atoms with Gasteiger partial charge in [0.05, 0.1) is 12.6 Å². The molecule has 2 atom stereocenters. The average Bonchev–Trinajstić information content (AvgIpc) is 2.98. The Bertz CT molecular complexity index is 582. The lowest BCUT2D eigenvalue weighted by Gasteiger charge is -2.12. The number of hydrogen-bond acceptors (Lipinski definition) is 4. The third kappa shape index (κ3) is 5.77. The van der Waals surface area contributed by atoms with Crippen molar-refractivity contribution in [1.29, 1.82) is 0 Å². The summed E-state index contributed by atoms with van der Waals surface area (Å²) in [5.74, 6) is 6.08. The molecule has 1 aromatic rings. The molecule has 1 saturated heterocycles. The second-order valence-corrected chi connectivity index (χ2v) is 5.12. The molecule has 1 heterocycles. The van der Waals surface area contributed by atoms with E-state index < -0.39 is 6.03 Å². The fourth-order valence-corrected chi connectivity index (χ4v) is 2.11. The summed E-state index contributed by atoms with van der Waals surface area (Å²) in [6.07, 6.45) is 1.70. The molecule has 1 unspecified atom stereocenters. The van der Waals surface area contributed by atoms with Crippen LogP contribution in [-0.2, 0) is 4.74 Å². The lowest BCUT2D eigenvalue weighted by Crippen LogP contribution is -2.33. The van der Waals surface area contributed by atoms with Crippen LogP contribution in [0.15, 0.2) is 24.3 Å². The number of ether oxygens (including phenoxy) is 2. The number of carbonyl (C=O) groups is 1. The van der Waals surface area contributed by atoms with E-state index in [4.69, 9.17) is 20.4 Å². The molecule has 1 aliphatic heterocycles. The zero-order valence-electron chi connectivity index (χ0n) is 12.6. The van der Waals surface area contributed by atoms with Gasteiger partial charge in [0, 0.05) is 6.42 Å². The molecule has 0 spiro atoms. The molecule has 0 saturated carbocycles. The summed E-state index contributed by atoms with van der Waals surface area (Å²) >= 11 is 0. The van der Waals surface area contributed by atoms with Crippen LogP contribution < -0.4 is 10.5 Å². The summed E-state index contributed by atoms with van der Waals surface area (Å²) in [6.45, 7) is 0.446. The second-order valence-electron chi connectivity index (χ2n) is 5.12. The molecule has 23 heavy (non-hydrogen) atoms. The predicted molar refractivity (Wildman–Crippen MR) is 80.3 cm³/mol. The summed E-state index contributed by atoms with van der Waals surface area (Å²) in [5.41, 5.74) is 4.88. The van der Waals surface area contributed by atoms with E-state index in [0.29, 0.717) is 23.8 Å². The van der Waals surface area contributed by atoms with Gasteiger partial charge in [-0.1, -0.05) is 11.8 Å². The fraction of sp³-hybridized carbons (Fsp3) is 0.438. The minimum absolute atomic E-state index is 0.0562. The van der Waals surface area contributed by atoms with Gasteiger partial charge in [0.25, 0.3) is 0 Å². The first-order valence-corrected chi connectivity index (χ1v) is 7.32. The molecule has 0 aliphatic carbocycles. The Balaban J connectivity index is 1.68. The number of halogens is 1. The summed E-state index contributed by atoms with van der Waals surface area (Å²) in [5, 5.41) is 9.50. The van der Waals surface area contributed by atoms with Crippen LogP contribution in [0.25, 0.3) is 0 Å². The number of primary amides is 1. The number of urea groups is 1. The first-order chi connectivity index (χ1) is 11.0. The second kappa shape index (κ2) is 8.36. The maximum atomic E-state index is 12.8. The normalized spacial score (nSPS) is 19.7. The van der Waals surface area contributed by atoms with E-state index in [0.717, 1.165) is 12.8 Å². The highest BCUT2D eigenvalue weighted by molar-refractivity contribution is 5.70. The Hall–Kier alpha value is -2.30. The Morgan fingerprint density at radius 3 is 2.87 bits per heavy atom. The van der Waals surface area contributed by atoms with Crippen LogP contribution >= 0.6 is 0 Å². The largest absolute Gasteiger partial charge is 0.491 e. The van der Waals surface area contributed by atoms with Gasteiger partial charge < -0.3 is 15.2 Å². The molecule has 1 aliphatic rings. The van der Waals surface area contributed by atoms with Crippen molar-refractivity contribution in [2.45, 2.75) is 31.5 Å². The Labute approximate surface area is 133 Å². The third-order valence-electron chi connectivity index (χ3n) is 3.32. The van der Waals surface area contributed by atoms with Gasteiger partial charge in [-0.15, -0.1) is 0 Å². The number of carbonyl (C=O) groups excluding carboxylic acids is 1. The summed E-state index contributed by atoms with van der Waals surface area (Å²) in [6, 6.07) is 4.93. The van der Waals surface area contributed by atoms with Gasteiger partial charge in [0.1, 0.15) is 24.3 Å². The topological polar surface area (TPSA) is 85.0 Å². The minimum atomic E-state index is -0.901. The fourth-order valence-electron chi connectivity index (χ4n) is 2.11. The van der Waals surface area contributed by atoms with Gasteiger partial charge in [-0.05, 0) is 37.1 Å². The molecule has 0 bridgehead atoms. The van der Waals surface area contributed by atoms with Crippen molar-refractivity contribution >= 4 is 6.03 Å². The van der Waals surface area contributed by atoms with Crippen LogP contribution in [0.3, 0.4) is 0 Å². The number of hydrogen-bond donors (Lipinski definition) is 2. The van der Waals surface area contributed by atoms with E-state index in [9.17, 15) is 9.18 Å². The summed E-state index contributed by atoms with van der Waals surface area (Å²) < 4.78 is 24.0. The SMILES string of the molecule is NC(=O)N(O)CCC#CC1CC[C@H](COc2ccc(F)cc2)O1. The van der Waals surface area contributed by atoms with E-state index in [1.165, 1.54) is 12.1 Å². The van der Waals surface area contributed by atoms with Gasteiger partial charge in [-0.25, -0.2) is 14.2 Å². The monoisotopic (exact) mass is 322 g/mol. The maximum absolute atomic E-state index is 12.8. The Morgan fingerprint density at radius 2 is 2.17 bits per heavy atom. The summed E-state index contributed by atoms with van der Waals surface area (Å²) in [4.78, 5) is 10.6. The van der Waals surface area contributed by atoms with Crippen LogP contribution in [0, 0.1) is 17.7 Å². The summed E-state index contributed by atoms with van der Waals surface area (Å²) in [7, 11) is 0. The van der Waals surface area contributed by atoms with E-state index in [1.807, 2.05) is 0 Å². The maximum Gasteiger partial charge on any atom is 0.338 e. The van der Waals surface area contributed by atoms with E-state index in [1.54, 1.807) is 12.1 Å². The number of nitrogens with zero attached hydrogens (tertiary/aromatic N) is 1. The first kappa shape index (κ1) is 17.1. The molecule has 0 radical (unpaired) electrons. The van der Waals surface area contributed by atoms with Crippen LogP contribution in [-0.4, -0.2) is 41.7 Å². The van der Waals surface area contributed by atoms with E-state index in [2.05, 4.69) is 11.8 Å². The molecule has 7 heteroatoms. The van der Waals surface area contributed by atoms with Gasteiger partial charge in [0.15, 0.2) is 0 Å². The predicted octanol–water partition coefficient (Wildman–Crippen LogP) is 1.92. The van der Waals surface area contributed by atoms with Crippen LogP contribution in [0.4, 0.5) is 9.18 Å². The van der Waals surface area contributed by atoms with Gasteiger partial charge in [0.2, 0.25) is 0 Å².